The van der Waals surface area contributed by atoms with Gasteiger partial charge in [0.15, 0.2) is 10.8 Å². The zero-order valence-electron chi connectivity index (χ0n) is 53.1. The Morgan fingerprint density at radius 2 is 1.65 bits per heavy atom. The van der Waals surface area contributed by atoms with E-state index >= 15 is 0 Å². The van der Waals surface area contributed by atoms with Gasteiger partial charge in [0.1, 0.15) is 29.3 Å². The molecule has 5 amide bonds. The number of aliphatic hydroxyl groups excluding tert-OH is 1. The molecule has 20 nitrogen and oxygen atoms in total. The molecule has 4 bridgehead atoms. The van der Waals surface area contributed by atoms with Crippen molar-refractivity contribution in [1.29, 1.82) is 0 Å². The number of aliphatic hydroxyl groups is 1. The average molecular weight is 1320 g/mol. The van der Waals surface area contributed by atoms with E-state index in [1.807, 2.05) is 85.5 Å². The SMILES string of the molecule is Cc1ncsc1-c1ccc(CNC(=O)[C@@H]2C[C@@H](O)CN2C(=O)[C@@H](NC(=O)C2(F)CC2)C(C)(C)C)c(OCCCCCS(=O)(=O)NC(=O)c2nc(N3CCc4cccc(C(=O)Nc5nc6ccccc6s5)c4C3)ccc2-c2cnn(CC34CC5CC(CC(C5)C3)C4)c2C)c1. The van der Waals surface area contributed by atoms with E-state index in [0.717, 1.165) is 67.5 Å². The first kappa shape index (κ1) is 64.1. The fourth-order valence-corrected chi connectivity index (χ4v) is 18.1. The summed E-state index contributed by atoms with van der Waals surface area (Å²) in [6.45, 7) is 10.8. The minimum atomic E-state index is -4.21. The van der Waals surface area contributed by atoms with Gasteiger partial charge in [-0.05, 0) is 173 Å². The topological polar surface area (TPSA) is 260 Å². The van der Waals surface area contributed by atoms with Crippen LogP contribution in [0.5, 0.6) is 5.75 Å². The second kappa shape index (κ2) is 25.6. The first-order chi connectivity index (χ1) is 44.5. The number of alkyl halides is 1. The second-order valence-corrected chi connectivity index (χ2v) is 31.7. The maximum absolute atomic E-state index is 14.8. The number of thiazole rings is 2. The molecule has 0 unspecified atom stereocenters. The summed E-state index contributed by atoms with van der Waals surface area (Å²) < 4.78 is 54.8. The van der Waals surface area contributed by atoms with Gasteiger partial charge in [-0.25, -0.2) is 32.5 Å². The van der Waals surface area contributed by atoms with Gasteiger partial charge in [-0.2, -0.15) is 5.10 Å². The van der Waals surface area contributed by atoms with Crippen molar-refractivity contribution in [2.45, 2.75) is 162 Å². The molecule has 5 N–H and O–H groups in total. The van der Waals surface area contributed by atoms with E-state index in [-0.39, 0.29) is 68.1 Å². The van der Waals surface area contributed by atoms with Gasteiger partial charge in [-0.15, -0.1) is 11.3 Å². The number of ether oxygens (including phenoxy) is 1. The van der Waals surface area contributed by atoms with Crippen molar-refractivity contribution in [2.24, 2.45) is 28.6 Å². The number of hydrogen-bond acceptors (Lipinski definition) is 16. The maximum atomic E-state index is 14.8. The highest BCUT2D eigenvalue weighted by molar-refractivity contribution is 7.90. The summed E-state index contributed by atoms with van der Waals surface area (Å²) in [6, 6.07) is 20.5. The average Bonchev–Trinajstić information content (AvgIpc) is 1.21. The number of halogens is 1. The highest BCUT2D eigenvalue weighted by Crippen LogP contribution is 2.61. The number of carbonyl (C=O) groups is 5. The van der Waals surface area contributed by atoms with E-state index in [4.69, 9.17) is 14.8 Å². The number of benzene rings is 3. The van der Waals surface area contributed by atoms with E-state index in [1.54, 1.807) is 38.5 Å². The number of carbonyl (C=O) groups excluding carboxylic acids is 5. The smallest absolute Gasteiger partial charge is 0.284 e. The quantitative estimate of drug-likeness (QED) is 0.0396. The number of para-hydroxylation sites is 1. The fraction of sp³-hybridized carbons (Fsp3) is 0.493. The summed E-state index contributed by atoms with van der Waals surface area (Å²) in [5, 5.41) is 24.8. The Labute approximate surface area is 549 Å². The van der Waals surface area contributed by atoms with Gasteiger partial charge < -0.3 is 30.3 Å². The number of nitrogens with zero attached hydrogens (tertiary/aromatic N) is 7. The van der Waals surface area contributed by atoms with Crippen molar-refractivity contribution in [2.75, 3.05) is 35.7 Å². The molecule has 2 aliphatic heterocycles. The third-order valence-corrected chi connectivity index (χ3v) is 23.2. The lowest BCUT2D eigenvalue weighted by Crippen LogP contribution is -2.59. The molecular weight excluding hydrogens is 1240 g/mol. The van der Waals surface area contributed by atoms with Crippen LogP contribution in [-0.2, 0) is 50.5 Å². The molecule has 0 spiro atoms. The number of fused-ring (bicyclic) bond motifs is 2. The molecule has 7 aromatic rings. The van der Waals surface area contributed by atoms with Crippen molar-refractivity contribution in [3.05, 3.63) is 124 Å². The molecule has 4 aromatic heterocycles. The molecule has 93 heavy (non-hydrogen) atoms. The highest BCUT2D eigenvalue weighted by Gasteiger charge is 2.54. The summed E-state index contributed by atoms with van der Waals surface area (Å²) in [4.78, 5) is 88.0. The Morgan fingerprint density at radius 1 is 0.882 bits per heavy atom. The second-order valence-electron chi connectivity index (χ2n) is 27.9. The van der Waals surface area contributed by atoms with Crippen LogP contribution < -0.4 is 30.3 Å². The molecule has 7 aliphatic rings. The summed E-state index contributed by atoms with van der Waals surface area (Å²) in [5.74, 6) is -0.269. The summed E-state index contributed by atoms with van der Waals surface area (Å²) >= 11 is 2.87. The van der Waals surface area contributed by atoms with Crippen LogP contribution in [0, 0.1) is 42.4 Å². The van der Waals surface area contributed by atoms with Gasteiger partial charge in [0.25, 0.3) is 17.7 Å². The predicted octanol–water partition coefficient (Wildman–Crippen LogP) is 10.2. The highest BCUT2D eigenvalue weighted by atomic mass is 32.2. The Hall–Kier alpha value is -7.67. The van der Waals surface area contributed by atoms with Crippen LogP contribution in [-0.4, -0.2) is 122 Å². The molecule has 24 heteroatoms. The zero-order valence-corrected chi connectivity index (χ0v) is 55.6. The molecule has 1 saturated heterocycles. The monoisotopic (exact) mass is 1320 g/mol. The fourth-order valence-electron chi connectivity index (χ4n) is 15.3. The Kier molecular flexibility index (Phi) is 17.6. The van der Waals surface area contributed by atoms with E-state index in [2.05, 4.69) is 35.3 Å². The van der Waals surface area contributed by atoms with Crippen LogP contribution in [0.15, 0.2) is 84.5 Å². The Balaban J connectivity index is 0.681. The van der Waals surface area contributed by atoms with E-state index in [9.17, 15) is 41.9 Å². The number of likely N-dealkylation sites (tertiary alicyclic amines) is 1. The van der Waals surface area contributed by atoms with Crippen LogP contribution in [0.3, 0.4) is 0 Å². The first-order valence-corrected chi connectivity index (χ1v) is 35.9. The maximum Gasteiger partial charge on any atom is 0.284 e. The van der Waals surface area contributed by atoms with Gasteiger partial charge in [0.05, 0.1) is 51.0 Å². The third kappa shape index (κ3) is 13.7. The van der Waals surface area contributed by atoms with Crippen LogP contribution in [0.25, 0.3) is 31.8 Å². The number of anilines is 2. The van der Waals surface area contributed by atoms with Crippen molar-refractivity contribution in [3.8, 4) is 27.3 Å². The van der Waals surface area contributed by atoms with Gasteiger partial charge in [0.2, 0.25) is 21.8 Å². The molecule has 5 aliphatic carbocycles. The summed E-state index contributed by atoms with van der Waals surface area (Å²) in [5.41, 5.74) is 6.52. The number of sulfonamides is 1. The largest absolute Gasteiger partial charge is 0.493 e. The first-order valence-electron chi connectivity index (χ1n) is 32.5. The van der Waals surface area contributed by atoms with Crippen LogP contribution in [0.1, 0.15) is 147 Å². The Bertz CT molecular complexity index is 4110. The van der Waals surface area contributed by atoms with Gasteiger partial charge >= 0.3 is 0 Å². The molecule has 6 heterocycles. The zero-order chi connectivity index (χ0) is 65.1. The number of aryl methyl sites for hydroxylation is 1. The van der Waals surface area contributed by atoms with Crippen LogP contribution in [0.4, 0.5) is 15.3 Å². The summed E-state index contributed by atoms with van der Waals surface area (Å²) in [6.07, 6.45) is 10.1. The number of pyridine rings is 1. The summed E-state index contributed by atoms with van der Waals surface area (Å²) in [7, 11) is -4.21. The number of hydrogen-bond donors (Lipinski definition) is 5. The third-order valence-electron chi connectivity index (χ3n) is 19.9. The lowest BCUT2D eigenvalue weighted by Gasteiger charge is -2.56. The number of aromatic nitrogens is 5. The number of amides is 5. The van der Waals surface area contributed by atoms with E-state index < -0.39 is 62.9 Å². The minimum absolute atomic E-state index is 0.00612. The van der Waals surface area contributed by atoms with Crippen LogP contribution >= 0.6 is 22.7 Å². The van der Waals surface area contributed by atoms with Crippen molar-refractivity contribution in [1.82, 2.24) is 45.0 Å². The van der Waals surface area contributed by atoms with Gasteiger partial charge in [0, 0.05) is 67.1 Å². The van der Waals surface area contributed by atoms with E-state index in [0.29, 0.717) is 71.3 Å². The number of nitrogens with one attached hydrogen (secondary N) is 4. The molecule has 14 rings (SSSR count). The predicted molar refractivity (Wildman–Crippen MR) is 355 cm³/mol. The van der Waals surface area contributed by atoms with Crippen molar-refractivity contribution < 1.29 is 46.6 Å². The molecule has 3 atom stereocenters. The molecule has 5 saturated carbocycles. The number of β-amino-alcohol motifs (C(OH)–C–C–N with tert-alkyl or cyclic N) is 1. The molecule has 6 fully saturated rings. The van der Waals surface area contributed by atoms with E-state index in [1.165, 1.54) is 66.1 Å². The molecule has 490 valence electrons. The standard InChI is InChI=1S/C69H80FN11O9S3/c1-40-59(91-39-72-40)46-16-17-47(34-71-62(84)54-30-48(82)36-80(54)64(86)60(67(3,4)5)76-65(87)69(70)21-22-69)55(29-46)90-24-9-6-10-25-93(88,89)78-63(85)58-49(51-35-73-81(41(51)2)38-68-31-42-26-43(32-68)28-44(27-42)33-68)18-19-57(75-58)79-23-20-45-12-11-13-50(52(45)37-79)61(83)77-66-74-53-14-7-8-15-56(53)92-66/h7-8,11-19,29,35,39,42-44,48,54,60,82H,6,9-10,20-28,30-34,36-38H2,1-5H3,(H,71,84)(H,76,87)(H,78,85)(H,74,77,83)/t42?,43?,44?,48-,54+,60-,68?/m1/s1. The lowest BCUT2D eigenvalue weighted by atomic mass is 9.49. The molecular formula is C69H80FN11O9S3. The number of rotatable bonds is 22. The van der Waals surface area contributed by atoms with Crippen LogP contribution in [0.2, 0.25) is 0 Å². The minimum Gasteiger partial charge on any atom is -0.493 e. The Morgan fingerprint density at radius 3 is 2.37 bits per heavy atom. The van der Waals surface area contributed by atoms with Gasteiger partial charge in [-0.1, -0.05) is 68.5 Å². The van der Waals surface area contributed by atoms with Gasteiger partial charge in [-0.3, -0.25) is 34.0 Å². The lowest BCUT2D eigenvalue weighted by molar-refractivity contribution is -0.145. The number of unbranched alkanes of at least 4 members (excludes halogenated alkanes) is 2. The normalized spacial score (nSPS) is 22.3. The van der Waals surface area contributed by atoms with Crippen molar-refractivity contribution >= 4 is 83.4 Å². The van der Waals surface area contributed by atoms with Crippen molar-refractivity contribution in [3.63, 3.8) is 0 Å². The molecule has 3 aromatic carbocycles. The molecule has 0 radical (unpaired) electrons.